The lowest BCUT2D eigenvalue weighted by molar-refractivity contribution is 0.373. The Morgan fingerprint density at radius 1 is 1.07 bits per heavy atom. The van der Waals surface area contributed by atoms with Crippen molar-refractivity contribution in [2.75, 3.05) is 13.7 Å². The molecule has 0 aromatic heterocycles. The SMILES string of the molecule is CCNC(=NCc1ccc(OC)c(O)c1)NC(C)c1ccc2ccccc2c1.I. The maximum atomic E-state index is 9.94. The summed E-state index contributed by atoms with van der Waals surface area (Å²) in [6.45, 7) is 5.38. The molecule has 5 nitrogen and oxygen atoms in total. The van der Waals surface area contributed by atoms with Crippen molar-refractivity contribution in [3.05, 3.63) is 71.8 Å². The van der Waals surface area contributed by atoms with Crippen molar-refractivity contribution in [1.29, 1.82) is 0 Å². The van der Waals surface area contributed by atoms with Gasteiger partial charge in [-0.15, -0.1) is 24.0 Å². The first-order chi connectivity index (χ1) is 13.6. The van der Waals surface area contributed by atoms with E-state index in [1.165, 1.54) is 23.4 Å². The molecule has 1 atom stereocenters. The number of aliphatic imine (C=N–C) groups is 1. The van der Waals surface area contributed by atoms with Crippen molar-refractivity contribution in [3.63, 3.8) is 0 Å². The van der Waals surface area contributed by atoms with Gasteiger partial charge in [0.05, 0.1) is 19.7 Å². The average Bonchev–Trinajstić information content (AvgIpc) is 2.72. The van der Waals surface area contributed by atoms with E-state index in [0.717, 1.165) is 18.1 Å². The summed E-state index contributed by atoms with van der Waals surface area (Å²) in [5, 5.41) is 19.1. The van der Waals surface area contributed by atoms with Crippen LogP contribution < -0.4 is 15.4 Å². The number of benzene rings is 3. The van der Waals surface area contributed by atoms with Crippen molar-refractivity contribution in [3.8, 4) is 11.5 Å². The lowest BCUT2D eigenvalue weighted by Gasteiger charge is -2.19. The van der Waals surface area contributed by atoms with Crippen LogP contribution in [0.5, 0.6) is 11.5 Å². The van der Waals surface area contributed by atoms with Gasteiger partial charge in [-0.3, -0.25) is 0 Å². The molecule has 3 rings (SSSR count). The Balaban J connectivity index is 0.00000300. The number of ether oxygens (including phenoxy) is 1. The molecule has 29 heavy (non-hydrogen) atoms. The molecule has 3 aromatic carbocycles. The average molecular weight is 505 g/mol. The number of hydrogen-bond acceptors (Lipinski definition) is 3. The summed E-state index contributed by atoms with van der Waals surface area (Å²) in [6, 6.07) is 20.3. The van der Waals surface area contributed by atoms with E-state index >= 15 is 0 Å². The molecule has 0 aliphatic rings. The highest BCUT2D eigenvalue weighted by atomic mass is 127. The smallest absolute Gasteiger partial charge is 0.192 e. The molecule has 3 N–H and O–H groups in total. The quantitative estimate of drug-likeness (QED) is 0.251. The van der Waals surface area contributed by atoms with E-state index in [1.54, 1.807) is 12.1 Å². The van der Waals surface area contributed by atoms with Crippen LogP contribution >= 0.6 is 24.0 Å². The minimum absolute atomic E-state index is 0. The zero-order valence-electron chi connectivity index (χ0n) is 17.0. The number of hydrogen-bond donors (Lipinski definition) is 3. The van der Waals surface area contributed by atoms with Crippen molar-refractivity contribution in [1.82, 2.24) is 10.6 Å². The topological polar surface area (TPSA) is 65.9 Å². The van der Waals surface area contributed by atoms with Gasteiger partial charge in [0, 0.05) is 6.54 Å². The standard InChI is InChI=1S/C23H27N3O2.HI/c1-4-24-23(25-15-17-9-12-22(28-3)21(27)13-17)26-16(2)19-11-10-18-7-5-6-8-20(18)14-19;/h5-14,16,27H,4,15H2,1-3H3,(H2,24,25,26);1H. The molecule has 0 saturated carbocycles. The second-order valence-corrected chi connectivity index (χ2v) is 6.67. The van der Waals surface area contributed by atoms with Crippen LogP contribution in [0.1, 0.15) is 31.0 Å². The molecular weight excluding hydrogens is 477 g/mol. The monoisotopic (exact) mass is 505 g/mol. The van der Waals surface area contributed by atoms with Gasteiger partial charge < -0.3 is 20.5 Å². The normalized spacial score (nSPS) is 12.2. The maximum Gasteiger partial charge on any atom is 0.192 e. The maximum absolute atomic E-state index is 9.94. The third-order valence-electron chi connectivity index (χ3n) is 4.63. The highest BCUT2D eigenvalue weighted by Crippen LogP contribution is 2.26. The molecule has 154 valence electrons. The Morgan fingerprint density at radius 3 is 2.52 bits per heavy atom. The van der Waals surface area contributed by atoms with Crippen LogP contribution in [0.2, 0.25) is 0 Å². The van der Waals surface area contributed by atoms with Crippen LogP contribution in [-0.2, 0) is 6.54 Å². The summed E-state index contributed by atoms with van der Waals surface area (Å²) >= 11 is 0. The lowest BCUT2D eigenvalue weighted by atomic mass is 10.0. The molecule has 0 bridgehead atoms. The number of halogens is 1. The summed E-state index contributed by atoms with van der Waals surface area (Å²) in [4.78, 5) is 4.65. The number of phenolic OH excluding ortho intramolecular Hbond substituents is 1. The molecule has 1 unspecified atom stereocenters. The molecule has 0 radical (unpaired) electrons. The fourth-order valence-electron chi connectivity index (χ4n) is 3.09. The van der Waals surface area contributed by atoms with Gasteiger partial charge in [0.1, 0.15) is 0 Å². The van der Waals surface area contributed by atoms with E-state index in [2.05, 4.69) is 65.0 Å². The molecule has 0 spiro atoms. The van der Waals surface area contributed by atoms with E-state index < -0.39 is 0 Å². The fourth-order valence-corrected chi connectivity index (χ4v) is 3.09. The molecule has 6 heteroatoms. The van der Waals surface area contributed by atoms with E-state index in [1.807, 2.05) is 13.0 Å². The zero-order chi connectivity index (χ0) is 19.9. The Hall–Kier alpha value is -2.48. The molecule has 0 fully saturated rings. The van der Waals surface area contributed by atoms with Crippen molar-refractivity contribution in [2.45, 2.75) is 26.4 Å². The van der Waals surface area contributed by atoms with Gasteiger partial charge in [-0.05, 0) is 53.9 Å². The number of phenols is 1. The number of aromatic hydroxyl groups is 1. The van der Waals surface area contributed by atoms with Crippen molar-refractivity contribution in [2.24, 2.45) is 4.99 Å². The first-order valence-corrected chi connectivity index (χ1v) is 9.50. The number of methoxy groups -OCH3 is 1. The van der Waals surface area contributed by atoms with Gasteiger partial charge in [-0.1, -0.05) is 42.5 Å². The lowest BCUT2D eigenvalue weighted by Crippen LogP contribution is -2.38. The second kappa shape index (κ2) is 10.9. The van der Waals surface area contributed by atoms with Gasteiger partial charge in [0.25, 0.3) is 0 Å². The van der Waals surface area contributed by atoms with Crippen LogP contribution in [0, 0.1) is 0 Å². The zero-order valence-corrected chi connectivity index (χ0v) is 19.3. The van der Waals surface area contributed by atoms with Crippen LogP contribution in [0.3, 0.4) is 0 Å². The number of guanidine groups is 1. The van der Waals surface area contributed by atoms with Gasteiger partial charge >= 0.3 is 0 Å². The van der Waals surface area contributed by atoms with Crippen molar-refractivity contribution < 1.29 is 9.84 Å². The Labute approximate surface area is 189 Å². The van der Waals surface area contributed by atoms with Gasteiger partial charge in [0.15, 0.2) is 17.5 Å². The summed E-state index contributed by atoms with van der Waals surface area (Å²) in [6.07, 6.45) is 0. The van der Waals surface area contributed by atoms with E-state index in [0.29, 0.717) is 12.3 Å². The number of nitrogens with zero attached hydrogens (tertiary/aromatic N) is 1. The minimum atomic E-state index is 0. The number of nitrogens with one attached hydrogen (secondary N) is 2. The van der Waals surface area contributed by atoms with Gasteiger partial charge in [-0.25, -0.2) is 4.99 Å². The molecular formula is C23H28IN3O2. The van der Waals surface area contributed by atoms with Crippen LogP contribution in [0.25, 0.3) is 10.8 Å². The molecule has 0 heterocycles. The number of fused-ring (bicyclic) bond motifs is 1. The van der Waals surface area contributed by atoms with E-state index in [4.69, 9.17) is 4.74 Å². The summed E-state index contributed by atoms with van der Waals surface area (Å²) in [5.41, 5.74) is 2.11. The first kappa shape index (κ1) is 22.8. The predicted octanol–water partition coefficient (Wildman–Crippen LogP) is 4.99. The van der Waals surface area contributed by atoms with E-state index in [9.17, 15) is 5.11 Å². The highest BCUT2D eigenvalue weighted by Gasteiger charge is 2.09. The predicted molar refractivity (Wildman–Crippen MR) is 130 cm³/mol. The molecule has 0 amide bonds. The Kier molecular flexibility index (Phi) is 8.57. The third-order valence-corrected chi connectivity index (χ3v) is 4.63. The molecule has 0 aliphatic carbocycles. The Bertz CT molecular complexity index is 975. The largest absolute Gasteiger partial charge is 0.504 e. The summed E-state index contributed by atoms with van der Waals surface area (Å²) in [5.74, 6) is 1.32. The third kappa shape index (κ3) is 6.00. The van der Waals surface area contributed by atoms with Crippen LogP contribution in [0.15, 0.2) is 65.7 Å². The second-order valence-electron chi connectivity index (χ2n) is 6.67. The number of rotatable bonds is 6. The molecule has 0 aliphatic heterocycles. The highest BCUT2D eigenvalue weighted by molar-refractivity contribution is 14.0. The van der Waals surface area contributed by atoms with Gasteiger partial charge in [0.2, 0.25) is 0 Å². The summed E-state index contributed by atoms with van der Waals surface area (Å²) < 4.78 is 5.09. The Morgan fingerprint density at radius 2 is 1.83 bits per heavy atom. The minimum Gasteiger partial charge on any atom is -0.504 e. The van der Waals surface area contributed by atoms with Crippen LogP contribution in [-0.4, -0.2) is 24.7 Å². The molecule has 0 saturated heterocycles. The van der Waals surface area contributed by atoms with Gasteiger partial charge in [-0.2, -0.15) is 0 Å². The van der Waals surface area contributed by atoms with Crippen molar-refractivity contribution >= 4 is 40.7 Å². The molecule has 3 aromatic rings. The van der Waals surface area contributed by atoms with Crippen LogP contribution in [0.4, 0.5) is 0 Å². The fraction of sp³-hybridized carbons (Fsp3) is 0.261. The first-order valence-electron chi connectivity index (χ1n) is 9.50. The van der Waals surface area contributed by atoms with E-state index in [-0.39, 0.29) is 35.8 Å². The summed E-state index contributed by atoms with van der Waals surface area (Å²) in [7, 11) is 1.54.